The molecule has 0 radical (unpaired) electrons. The summed E-state index contributed by atoms with van der Waals surface area (Å²) in [7, 11) is 3.00. The van der Waals surface area contributed by atoms with E-state index < -0.39 is 5.54 Å². The van der Waals surface area contributed by atoms with Gasteiger partial charge in [0.2, 0.25) is 0 Å². The number of methoxy groups -OCH3 is 2. The Bertz CT molecular complexity index is 682. The lowest BCUT2D eigenvalue weighted by molar-refractivity contribution is -0.143. The van der Waals surface area contributed by atoms with Gasteiger partial charge in [-0.1, -0.05) is 30.3 Å². The fourth-order valence-corrected chi connectivity index (χ4v) is 2.87. The zero-order valence-corrected chi connectivity index (χ0v) is 11.6. The lowest BCUT2D eigenvalue weighted by Gasteiger charge is -2.14. The van der Waals surface area contributed by atoms with Crippen molar-refractivity contribution in [2.75, 3.05) is 14.2 Å². The first-order valence-corrected chi connectivity index (χ1v) is 6.54. The smallest absolute Gasteiger partial charge is 0.326 e. The average Bonchev–Trinajstić information content (AvgIpc) is 3.18. The van der Waals surface area contributed by atoms with Crippen LogP contribution in [0.25, 0.3) is 10.8 Å². The second-order valence-electron chi connectivity index (χ2n) is 5.19. The van der Waals surface area contributed by atoms with E-state index in [1.165, 1.54) is 7.11 Å². The normalized spacial score (nSPS) is 24.4. The Morgan fingerprint density at radius 3 is 2.70 bits per heavy atom. The van der Waals surface area contributed by atoms with Crippen molar-refractivity contribution in [3.63, 3.8) is 0 Å². The van der Waals surface area contributed by atoms with Crippen molar-refractivity contribution in [2.45, 2.75) is 17.9 Å². The van der Waals surface area contributed by atoms with E-state index in [2.05, 4.69) is 0 Å². The third-order valence-corrected chi connectivity index (χ3v) is 4.07. The summed E-state index contributed by atoms with van der Waals surface area (Å²) in [5.74, 6) is 0.346. The van der Waals surface area contributed by atoms with Gasteiger partial charge in [0.15, 0.2) is 0 Å². The molecule has 3 rings (SSSR count). The molecule has 2 aromatic carbocycles. The molecule has 20 heavy (non-hydrogen) atoms. The Balaban J connectivity index is 2.14. The number of carbonyl (C=O) groups excluding carboxylic acids is 1. The van der Waals surface area contributed by atoms with Crippen LogP contribution < -0.4 is 10.5 Å². The molecule has 0 aliphatic heterocycles. The number of benzene rings is 2. The first kappa shape index (κ1) is 12.9. The maximum absolute atomic E-state index is 11.8. The van der Waals surface area contributed by atoms with Gasteiger partial charge in [-0.05, 0) is 23.3 Å². The van der Waals surface area contributed by atoms with Crippen molar-refractivity contribution in [2.24, 2.45) is 5.73 Å². The largest absolute Gasteiger partial charge is 0.496 e. The summed E-state index contributed by atoms with van der Waals surface area (Å²) in [6.45, 7) is 0. The summed E-state index contributed by atoms with van der Waals surface area (Å²) in [5.41, 5.74) is 6.24. The number of ether oxygens (including phenoxy) is 2. The van der Waals surface area contributed by atoms with E-state index in [0.717, 1.165) is 22.1 Å². The van der Waals surface area contributed by atoms with Crippen molar-refractivity contribution in [1.29, 1.82) is 0 Å². The number of fused-ring (bicyclic) bond motifs is 1. The van der Waals surface area contributed by atoms with E-state index >= 15 is 0 Å². The Morgan fingerprint density at radius 2 is 2.00 bits per heavy atom. The molecule has 0 bridgehead atoms. The molecule has 1 saturated carbocycles. The van der Waals surface area contributed by atoms with Gasteiger partial charge in [0, 0.05) is 11.5 Å². The summed E-state index contributed by atoms with van der Waals surface area (Å²) in [5, 5.41) is 2.19. The van der Waals surface area contributed by atoms with Gasteiger partial charge in [0.05, 0.1) is 14.2 Å². The maximum Gasteiger partial charge on any atom is 0.326 e. The van der Waals surface area contributed by atoms with Crippen LogP contribution in [0.3, 0.4) is 0 Å². The van der Waals surface area contributed by atoms with Crippen LogP contribution in [0.5, 0.6) is 5.75 Å². The highest BCUT2D eigenvalue weighted by Gasteiger charge is 2.60. The second kappa shape index (κ2) is 4.49. The molecule has 0 heterocycles. The second-order valence-corrected chi connectivity index (χ2v) is 5.19. The van der Waals surface area contributed by atoms with E-state index in [1.54, 1.807) is 7.11 Å². The molecule has 0 amide bonds. The fraction of sp³-hybridized carbons (Fsp3) is 0.312. The van der Waals surface area contributed by atoms with Crippen LogP contribution in [0.15, 0.2) is 36.4 Å². The minimum Gasteiger partial charge on any atom is -0.496 e. The zero-order valence-electron chi connectivity index (χ0n) is 11.6. The van der Waals surface area contributed by atoms with Crippen molar-refractivity contribution >= 4 is 16.7 Å². The van der Waals surface area contributed by atoms with Crippen LogP contribution in [0.1, 0.15) is 17.9 Å². The Morgan fingerprint density at radius 1 is 1.25 bits per heavy atom. The van der Waals surface area contributed by atoms with Gasteiger partial charge in [0.25, 0.3) is 0 Å². The van der Waals surface area contributed by atoms with E-state index in [1.807, 2.05) is 36.4 Å². The van der Waals surface area contributed by atoms with Gasteiger partial charge in [0.1, 0.15) is 11.3 Å². The molecular formula is C16H17NO3. The molecule has 4 heteroatoms. The van der Waals surface area contributed by atoms with Crippen molar-refractivity contribution in [3.8, 4) is 5.75 Å². The third kappa shape index (κ3) is 1.76. The van der Waals surface area contributed by atoms with E-state index in [-0.39, 0.29) is 11.9 Å². The highest BCUT2D eigenvalue weighted by molar-refractivity contribution is 5.93. The van der Waals surface area contributed by atoms with Crippen molar-refractivity contribution in [1.82, 2.24) is 0 Å². The first-order valence-electron chi connectivity index (χ1n) is 6.54. The maximum atomic E-state index is 11.8. The van der Waals surface area contributed by atoms with Crippen LogP contribution >= 0.6 is 0 Å². The van der Waals surface area contributed by atoms with Crippen LogP contribution in [0, 0.1) is 0 Å². The summed E-state index contributed by atoms with van der Waals surface area (Å²) >= 11 is 0. The first-order chi connectivity index (χ1) is 9.61. The molecule has 0 saturated heterocycles. The molecule has 1 aliphatic rings. The number of hydrogen-bond acceptors (Lipinski definition) is 4. The topological polar surface area (TPSA) is 61.5 Å². The third-order valence-electron chi connectivity index (χ3n) is 4.07. The predicted molar refractivity (Wildman–Crippen MR) is 76.8 cm³/mol. The van der Waals surface area contributed by atoms with Gasteiger partial charge in [-0.25, -0.2) is 0 Å². The highest BCUT2D eigenvalue weighted by Crippen LogP contribution is 2.54. The number of rotatable bonds is 3. The molecule has 0 spiro atoms. The molecule has 104 valence electrons. The quantitative estimate of drug-likeness (QED) is 0.869. The van der Waals surface area contributed by atoms with Gasteiger partial charge < -0.3 is 15.2 Å². The van der Waals surface area contributed by atoms with Crippen LogP contribution in [0.2, 0.25) is 0 Å². The van der Waals surface area contributed by atoms with Gasteiger partial charge in [-0.15, -0.1) is 0 Å². The van der Waals surface area contributed by atoms with Gasteiger partial charge in [-0.2, -0.15) is 0 Å². The number of esters is 1. The monoisotopic (exact) mass is 271 g/mol. The van der Waals surface area contributed by atoms with Crippen molar-refractivity contribution < 1.29 is 14.3 Å². The van der Waals surface area contributed by atoms with E-state index in [0.29, 0.717) is 6.42 Å². The molecule has 1 fully saturated rings. The molecule has 1 aliphatic carbocycles. The predicted octanol–water partition coefficient (Wildman–Crippen LogP) is 2.21. The van der Waals surface area contributed by atoms with E-state index in [4.69, 9.17) is 15.2 Å². The van der Waals surface area contributed by atoms with Crippen LogP contribution in [0.4, 0.5) is 0 Å². The molecule has 2 unspecified atom stereocenters. The molecule has 0 aromatic heterocycles. The highest BCUT2D eigenvalue weighted by atomic mass is 16.5. The minimum atomic E-state index is -0.924. The van der Waals surface area contributed by atoms with Gasteiger partial charge >= 0.3 is 5.97 Å². The lowest BCUT2D eigenvalue weighted by Crippen LogP contribution is -2.36. The van der Waals surface area contributed by atoms with Crippen LogP contribution in [-0.4, -0.2) is 25.7 Å². The van der Waals surface area contributed by atoms with Crippen molar-refractivity contribution in [3.05, 3.63) is 42.0 Å². The SMILES string of the molecule is COC(=O)C1(N)CC1c1c(OC)ccc2ccccc12. The summed E-state index contributed by atoms with van der Waals surface area (Å²) in [6.07, 6.45) is 0.587. The minimum absolute atomic E-state index is 0.0593. The standard InChI is InChI=1S/C16H17NO3/c1-19-13-8-7-10-5-3-4-6-11(10)14(13)12-9-16(12,17)15(18)20-2/h3-8,12H,9,17H2,1-2H3. The average molecular weight is 271 g/mol. The molecular weight excluding hydrogens is 254 g/mol. The van der Waals surface area contributed by atoms with Gasteiger partial charge in [-0.3, -0.25) is 4.79 Å². The Labute approximate surface area is 117 Å². The van der Waals surface area contributed by atoms with Crippen LogP contribution in [-0.2, 0) is 9.53 Å². The summed E-state index contributed by atoms with van der Waals surface area (Å²) < 4.78 is 10.3. The fourth-order valence-electron chi connectivity index (χ4n) is 2.87. The molecule has 4 nitrogen and oxygen atoms in total. The number of carbonyl (C=O) groups is 1. The Hall–Kier alpha value is -2.07. The molecule has 2 aromatic rings. The number of nitrogens with two attached hydrogens (primary N) is 1. The van der Waals surface area contributed by atoms with E-state index in [9.17, 15) is 4.79 Å². The molecule has 2 N–H and O–H groups in total. The number of hydrogen-bond donors (Lipinski definition) is 1. The zero-order chi connectivity index (χ0) is 14.3. The Kier molecular flexibility index (Phi) is 2.91. The lowest BCUT2D eigenvalue weighted by atomic mass is 9.97. The summed E-state index contributed by atoms with van der Waals surface area (Å²) in [6, 6.07) is 12.0. The molecule has 2 atom stereocenters. The summed E-state index contributed by atoms with van der Waals surface area (Å²) in [4.78, 5) is 11.8.